The summed E-state index contributed by atoms with van der Waals surface area (Å²) in [5.41, 5.74) is 5.63. The van der Waals surface area contributed by atoms with Gasteiger partial charge in [-0.25, -0.2) is 4.39 Å². The van der Waals surface area contributed by atoms with Gasteiger partial charge in [-0.1, -0.05) is 13.3 Å². The van der Waals surface area contributed by atoms with Gasteiger partial charge in [0.05, 0.1) is 8.49 Å². The number of nitro benzene ring substituents is 1. The van der Waals surface area contributed by atoms with Gasteiger partial charge in [0.25, 0.3) is 5.69 Å². The van der Waals surface area contributed by atoms with Gasteiger partial charge in [-0.15, -0.1) is 0 Å². The van der Waals surface area contributed by atoms with E-state index in [-0.39, 0.29) is 21.0 Å². The van der Waals surface area contributed by atoms with Crippen molar-refractivity contribution in [1.29, 1.82) is 0 Å². The molecule has 0 radical (unpaired) electrons. The molecule has 1 aromatic rings. The summed E-state index contributed by atoms with van der Waals surface area (Å²) in [4.78, 5) is 10.4. The highest BCUT2D eigenvalue weighted by atomic mass is 127. The monoisotopic (exact) mass is 367 g/mol. The molecule has 0 bridgehead atoms. The zero-order chi connectivity index (χ0) is 13.7. The molecule has 0 saturated carbocycles. The molecule has 0 fully saturated rings. The van der Waals surface area contributed by atoms with E-state index in [2.05, 4.69) is 5.32 Å². The fourth-order valence-corrected chi connectivity index (χ4v) is 2.07. The molecule has 3 N–H and O–H groups in total. The molecule has 18 heavy (non-hydrogen) atoms. The van der Waals surface area contributed by atoms with Crippen molar-refractivity contribution >= 4 is 34.0 Å². The van der Waals surface area contributed by atoms with E-state index in [1.54, 1.807) is 22.6 Å². The number of nitrogens with one attached hydrogen (secondary N) is 1. The zero-order valence-electron chi connectivity index (χ0n) is 9.95. The summed E-state index contributed by atoms with van der Waals surface area (Å²) in [6.45, 7) is 2.34. The lowest BCUT2D eigenvalue weighted by molar-refractivity contribution is -0.384. The van der Waals surface area contributed by atoms with Crippen LogP contribution in [-0.4, -0.2) is 17.5 Å². The molecule has 0 saturated heterocycles. The fraction of sp³-hybridized carbons (Fsp3) is 0.455. The molecule has 0 aliphatic carbocycles. The SMILES string of the molecule is CCCC(CN)Nc1cc(F)c(I)cc1[N+](=O)[O-]. The molecular formula is C11H15FIN3O2. The lowest BCUT2D eigenvalue weighted by Gasteiger charge is -2.17. The number of rotatable bonds is 6. The minimum atomic E-state index is -0.524. The van der Waals surface area contributed by atoms with Crippen LogP contribution in [0.2, 0.25) is 0 Å². The predicted octanol–water partition coefficient (Wildman–Crippen LogP) is 2.88. The van der Waals surface area contributed by atoms with Crippen molar-refractivity contribution in [3.05, 3.63) is 31.6 Å². The van der Waals surface area contributed by atoms with Gasteiger partial charge in [0.1, 0.15) is 11.5 Å². The molecule has 1 rings (SSSR count). The van der Waals surface area contributed by atoms with Crippen LogP contribution >= 0.6 is 22.6 Å². The Bertz CT molecular complexity index is 443. The number of hydrogen-bond acceptors (Lipinski definition) is 4. The Kier molecular flexibility index (Phi) is 5.73. The van der Waals surface area contributed by atoms with Crippen molar-refractivity contribution in [1.82, 2.24) is 0 Å². The first-order valence-electron chi connectivity index (χ1n) is 5.59. The summed E-state index contributed by atoms with van der Waals surface area (Å²) in [7, 11) is 0. The van der Waals surface area contributed by atoms with Gasteiger partial charge in [0.15, 0.2) is 0 Å². The van der Waals surface area contributed by atoms with E-state index in [0.29, 0.717) is 6.54 Å². The fourth-order valence-electron chi connectivity index (χ4n) is 1.62. The molecule has 1 aromatic carbocycles. The van der Waals surface area contributed by atoms with Crippen LogP contribution in [0.3, 0.4) is 0 Å². The Balaban J connectivity index is 3.06. The van der Waals surface area contributed by atoms with Crippen LogP contribution in [0, 0.1) is 19.5 Å². The van der Waals surface area contributed by atoms with Crippen molar-refractivity contribution < 1.29 is 9.31 Å². The van der Waals surface area contributed by atoms with Crippen molar-refractivity contribution in [3.8, 4) is 0 Å². The Labute approximate surface area is 118 Å². The first-order valence-corrected chi connectivity index (χ1v) is 6.67. The van der Waals surface area contributed by atoms with E-state index in [1.165, 1.54) is 6.07 Å². The van der Waals surface area contributed by atoms with E-state index >= 15 is 0 Å². The van der Waals surface area contributed by atoms with Gasteiger partial charge < -0.3 is 11.1 Å². The van der Waals surface area contributed by atoms with Gasteiger partial charge in [-0.2, -0.15) is 0 Å². The van der Waals surface area contributed by atoms with Crippen LogP contribution in [0.1, 0.15) is 19.8 Å². The minimum Gasteiger partial charge on any atom is -0.375 e. The highest BCUT2D eigenvalue weighted by Gasteiger charge is 2.19. The second-order valence-electron chi connectivity index (χ2n) is 3.91. The van der Waals surface area contributed by atoms with Crippen LogP contribution in [-0.2, 0) is 0 Å². The maximum Gasteiger partial charge on any atom is 0.293 e. The van der Waals surface area contributed by atoms with Crippen molar-refractivity contribution in [2.75, 3.05) is 11.9 Å². The van der Waals surface area contributed by atoms with E-state index in [4.69, 9.17) is 5.73 Å². The van der Waals surface area contributed by atoms with Crippen LogP contribution in [0.25, 0.3) is 0 Å². The van der Waals surface area contributed by atoms with E-state index < -0.39 is 10.7 Å². The third-order valence-electron chi connectivity index (χ3n) is 2.52. The molecule has 1 atom stereocenters. The summed E-state index contributed by atoms with van der Waals surface area (Å²) in [5, 5.41) is 13.9. The zero-order valence-corrected chi connectivity index (χ0v) is 12.1. The number of anilines is 1. The predicted molar refractivity (Wildman–Crippen MR) is 77.1 cm³/mol. The summed E-state index contributed by atoms with van der Waals surface area (Å²) >= 11 is 1.73. The number of benzene rings is 1. The smallest absolute Gasteiger partial charge is 0.293 e. The number of nitrogens with zero attached hydrogens (tertiary/aromatic N) is 1. The highest BCUT2D eigenvalue weighted by molar-refractivity contribution is 14.1. The molecule has 1 unspecified atom stereocenters. The first kappa shape index (κ1) is 15.1. The Hall–Kier alpha value is -0.960. The molecular weight excluding hydrogens is 352 g/mol. The third-order valence-corrected chi connectivity index (χ3v) is 3.34. The second-order valence-corrected chi connectivity index (χ2v) is 5.07. The van der Waals surface area contributed by atoms with E-state index in [0.717, 1.165) is 18.9 Å². The van der Waals surface area contributed by atoms with Gasteiger partial charge in [0.2, 0.25) is 0 Å². The first-order chi connectivity index (χ1) is 8.49. The van der Waals surface area contributed by atoms with Gasteiger partial charge in [-0.3, -0.25) is 10.1 Å². The van der Waals surface area contributed by atoms with Crippen molar-refractivity contribution in [3.63, 3.8) is 0 Å². The molecule has 0 spiro atoms. The average Bonchev–Trinajstić information content (AvgIpc) is 2.32. The van der Waals surface area contributed by atoms with Crippen LogP contribution in [0.5, 0.6) is 0 Å². The van der Waals surface area contributed by atoms with E-state index in [1.807, 2.05) is 6.92 Å². The molecule has 0 aliphatic heterocycles. The summed E-state index contributed by atoms with van der Waals surface area (Å²) < 4.78 is 13.7. The summed E-state index contributed by atoms with van der Waals surface area (Å²) in [6, 6.07) is 2.28. The van der Waals surface area contributed by atoms with Crippen LogP contribution < -0.4 is 11.1 Å². The normalized spacial score (nSPS) is 12.2. The average molecular weight is 367 g/mol. The summed E-state index contributed by atoms with van der Waals surface area (Å²) in [6.07, 6.45) is 1.68. The molecule has 0 heterocycles. The lowest BCUT2D eigenvalue weighted by Crippen LogP contribution is -2.29. The largest absolute Gasteiger partial charge is 0.375 e. The van der Waals surface area contributed by atoms with Crippen LogP contribution in [0.4, 0.5) is 15.8 Å². The lowest BCUT2D eigenvalue weighted by atomic mass is 10.1. The second kappa shape index (κ2) is 6.83. The number of nitro groups is 1. The van der Waals surface area contributed by atoms with Crippen molar-refractivity contribution in [2.45, 2.75) is 25.8 Å². The third kappa shape index (κ3) is 3.77. The molecule has 0 aliphatic rings. The topological polar surface area (TPSA) is 81.2 Å². The molecule has 5 nitrogen and oxygen atoms in total. The molecule has 0 aromatic heterocycles. The minimum absolute atomic E-state index is 0.0897. The molecule has 0 amide bonds. The Morgan fingerprint density at radius 3 is 2.78 bits per heavy atom. The Morgan fingerprint density at radius 1 is 1.61 bits per heavy atom. The number of halogens is 2. The number of hydrogen-bond donors (Lipinski definition) is 2. The van der Waals surface area contributed by atoms with E-state index in [9.17, 15) is 14.5 Å². The van der Waals surface area contributed by atoms with Crippen LogP contribution in [0.15, 0.2) is 12.1 Å². The van der Waals surface area contributed by atoms with Gasteiger partial charge >= 0.3 is 0 Å². The van der Waals surface area contributed by atoms with Crippen molar-refractivity contribution in [2.24, 2.45) is 5.73 Å². The maximum absolute atomic E-state index is 13.5. The molecule has 7 heteroatoms. The highest BCUT2D eigenvalue weighted by Crippen LogP contribution is 2.29. The Morgan fingerprint density at radius 2 is 2.28 bits per heavy atom. The number of nitrogens with two attached hydrogens (primary N) is 1. The van der Waals surface area contributed by atoms with Gasteiger partial charge in [0, 0.05) is 24.7 Å². The molecule has 100 valence electrons. The van der Waals surface area contributed by atoms with Gasteiger partial charge in [-0.05, 0) is 29.0 Å². The summed E-state index contributed by atoms with van der Waals surface area (Å²) in [5.74, 6) is -0.476. The quantitative estimate of drug-likeness (QED) is 0.460. The maximum atomic E-state index is 13.5. The standard InChI is InChI=1S/C11H15FIN3O2/c1-2-3-7(6-14)15-10-4-8(12)9(13)5-11(10)16(17)18/h4-5,7,15H,2-3,6,14H2,1H3.